The maximum atomic E-state index is 12.6. The average molecular weight is 226 g/mol. The monoisotopic (exact) mass is 226 g/mol. The van der Waals surface area contributed by atoms with Crippen LogP contribution in [0.4, 0.5) is 0 Å². The molecule has 1 aliphatic heterocycles. The van der Waals surface area contributed by atoms with Crippen LogP contribution >= 0.6 is 0 Å². The first-order valence-corrected chi connectivity index (χ1v) is 6.70. The van der Waals surface area contributed by atoms with Gasteiger partial charge in [0.25, 0.3) is 0 Å². The Bertz CT molecular complexity index is 222. The molecule has 0 radical (unpaired) electrons. The summed E-state index contributed by atoms with van der Waals surface area (Å²) in [5, 5.41) is 3.35. The second-order valence-corrected chi connectivity index (χ2v) is 4.77. The lowest BCUT2D eigenvalue weighted by molar-refractivity contribution is -0.144. The van der Waals surface area contributed by atoms with E-state index in [1.54, 1.807) is 0 Å². The summed E-state index contributed by atoms with van der Waals surface area (Å²) in [7, 11) is 0. The lowest BCUT2D eigenvalue weighted by atomic mass is 9.75. The van der Waals surface area contributed by atoms with Crippen LogP contribution in [0.2, 0.25) is 0 Å². The quantitative estimate of drug-likeness (QED) is 0.778. The van der Waals surface area contributed by atoms with Crippen molar-refractivity contribution in [2.45, 2.75) is 46.5 Å². The third kappa shape index (κ3) is 2.76. The van der Waals surface area contributed by atoms with Gasteiger partial charge in [0.15, 0.2) is 0 Å². The standard InChI is InChI=1S/C13H26N2O/c1-4-11-15(6-3)12(16)13(5-2)7-9-14-10-8-13/h14H,4-11H2,1-3H3. The fraction of sp³-hybridized carbons (Fsp3) is 0.923. The summed E-state index contributed by atoms with van der Waals surface area (Å²) in [6.07, 6.45) is 4.04. The van der Waals surface area contributed by atoms with Gasteiger partial charge in [-0.25, -0.2) is 0 Å². The molecule has 1 fully saturated rings. The van der Waals surface area contributed by atoms with E-state index in [1.807, 2.05) is 4.90 Å². The molecule has 0 saturated carbocycles. The van der Waals surface area contributed by atoms with E-state index in [2.05, 4.69) is 26.1 Å². The molecule has 1 amide bonds. The summed E-state index contributed by atoms with van der Waals surface area (Å²) in [4.78, 5) is 14.6. The van der Waals surface area contributed by atoms with Gasteiger partial charge < -0.3 is 10.2 Å². The van der Waals surface area contributed by atoms with Crippen molar-refractivity contribution in [3.8, 4) is 0 Å². The molecule has 0 unspecified atom stereocenters. The Balaban J connectivity index is 2.73. The van der Waals surface area contributed by atoms with E-state index in [9.17, 15) is 4.79 Å². The number of hydrogen-bond acceptors (Lipinski definition) is 2. The van der Waals surface area contributed by atoms with Crippen molar-refractivity contribution in [1.29, 1.82) is 0 Å². The van der Waals surface area contributed by atoms with E-state index in [-0.39, 0.29) is 5.41 Å². The van der Waals surface area contributed by atoms with E-state index in [1.165, 1.54) is 0 Å². The van der Waals surface area contributed by atoms with Crippen LogP contribution in [0.1, 0.15) is 46.5 Å². The summed E-state index contributed by atoms with van der Waals surface area (Å²) in [5.74, 6) is 0.390. The smallest absolute Gasteiger partial charge is 0.228 e. The molecule has 0 aromatic rings. The van der Waals surface area contributed by atoms with Gasteiger partial charge in [-0.2, -0.15) is 0 Å². The maximum Gasteiger partial charge on any atom is 0.228 e. The minimum atomic E-state index is -0.0730. The summed E-state index contributed by atoms with van der Waals surface area (Å²) in [6.45, 7) is 10.1. The molecule has 0 aromatic carbocycles. The van der Waals surface area contributed by atoms with E-state index in [0.717, 1.165) is 51.9 Å². The number of hydrogen-bond donors (Lipinski definition) is 1. The zero-order valence-electron chi connectivity index (χ0n) is 11.0. The molecule has 16 heavy (non-hydrogen) atoms. The summed E-state index contributed by atoms with van der Waals surface area (Å²) in [5.41, 5.74) is -0.0730. The summed E-state index contributed by atoms with van der Waals surface area (Å²) in [6, 6.07) is 0. The van der Waals surface area contributed by atoms with Crippen molar-refractivity contribution >= 4 is 5.91 Å². The number of nitrogens with one attached hydrogen (secondary N) is 1. The third-order valence-electron chi connectivity index (χ3n) is 3.85. The van der Waals surface area contributed by atoms with Crippen molar-refractivity contribution in [1.82, 2.24) is 10.2 Å². The fourth-order valence-electron chi connectivity index (χ4n) is 2.63. The van der Waals surface area contributed by atoms with E-state index < -0.39 is 0 Å². The van der Waals surface area contributed by atoms with Crippen LogP contribution in [0.25, 0.3) is 0 Å². The Morgan fingerprint density at radius 3 is 2.31 bits per heavy atom. The summed E-state index contributed by atoms with van der Waals surface area (Å²) < 4.78 is 0. The molecular weight excluding hydrogens is 200 g/mol. The Hall–Kier alpha value is -0.570. The molecule has 1 saturated heterocycles. The topological polar surface area (TPSA) is 32.3 Å². The molecule has 0 spiro atoms. The maximum absolute atomic E-state index is 12.6. The number of carbonyl (C=O) groups excluding carboxylic acids is 1. The summed E-state index contributed by atoms with van der Waals surface area (Å²) >= 11 is 0. The predicted octanol–water partition coefficient (Wildman–Crippen LogP) is 2.02. The van der Waals surface area contributed by atoms with Crippen LogP contribution in [-0.2, 0) is 4.79 Å². The molecule has 1 aliphatic rings. The van der Waals surface area contributed by atoms with Crippen molar-refractivity contribution in [2.24, 2.45) is 5.41 Å². The minimum Gasteiger partial charge on any atom is -0.343 e. The van der Waals surface area contributed by atoms with Gasteiger partial charge in [-0.3, -0.25) is 4.79 Å². The minimum absolute atomic E-state index is 0.0730. The molecule has 3 heteroatoms. The largest absolute Gasteiger partial charge is 0.343 e. The second kappa shape index (κ2) is 6.24. The molecular formula is C13H26N2O. The Morgan fingerprint density at radius 2 is 1.88 bits per heavy atom. The fourth-order valence-corrected chi connectivity index (χ4v) is 2.63. The zero-order chi connectivity index (χ0) is 12.0. The van der Waals surface area contributed by atoms with Gasteiger partial charge in [0.2, 0.25) is 5.91 Å². The van der Waals surface area contributed by atoms with E-state index >= 15 is 0 Å². The molecule has 94 valence electrons. The SMILES string of the molecule is CCCN(CC)C(=O)C1(CC)CCNCC1. The highest BCUT2D eigenvalue weighted by Gasteiger charge is 2.39. The van der Waals surface area contributed by atoms with E-state index in [0.29, 0.717) is 5.91 Å². The van der Waals surface area contributed by atoms with Crippen LogP contribution in [0.15, 0.2) is 0 Å². The van der Waals surface area contributed by atoms with Crippen LogP contribution < -0.4 is 5.32 Å². The lowest BCUT2D eigenvalue weighted by Gasteiger charge is -2.39. The molecule has 0 aliphatic carbocycles. The Labute approximate surface area is 99.6 Å². The first-order chi connectivity index (χ1) is 7.70. The van der Waals surface area contributed by atoms with Gasteiger partial charge in [0.05, 0.1) is 5.41 Å². The number of nitrogens with zero attached hydrogens (tertiary/aromatic N) is 1. The van der Waals surface area contributed by atoms with Crippen molar-refractivity contribution < 1.29 is 4.79 Å². The molecule has 0 atom stereocenters. The average Bonchev–Trinajstić information content (AvgIpc) is 2.36. The number of rotatable bonds is 5. The highest BCUT2D eigenvalue weighted by molar-refractivity contribution is 5.82. The Morgan fingerprint density at radius 1 is 1.25 bits per heavy atom. The van der Waals surface area contributed by atoms with Gasteiger partial charge >= 0.3 is 0 Å². The predicted molar refractivity (Wildman–Crippen MR) is 67.4 cm³/mol. The molecule has 1 heterocycles. The normalized spacial score (nSPS) is 19.4. The molecule has 0 bridgehead atoms. The van der Waals surface area contributed by atoms with Gasteiger partial charge in [-0.15, -0.1) is 0 Å². The molecule has 1 N–H and O–H groups in total. The van der Waals surface area contributed by atoms with Crippen molar-refractivity contribution in [3.63, 3.8) is 0 Å². The molecule has 3 nitrogen and oxygen atoms in total. The van der Waals surface area contributed by atoms with Gasteiger partial charge in [0, 0.05) is 13.1 Å². The first kappa shape index (κ1) is 13.5. The first-order valence-electron chi connectivity index (χ1n) is 6.70. The second-order valence-electron chi connectivity index (χ2n) is 4.77. The van der Waals surface area contributed by atoms with E-state index in [4.69, 9.17) is 0 Å². The van der Waals surface area contributed by atoms with Crippen LogP contribution in [0, 0.1) is 5.41 Å². The molecule has 1 rings (SSSR count). The number of amides is 1. The number of carbonyl (C=O) groups is 1. The molecule has 0 aromatic heterocycles. The van der Waals surface area contributed by atoms with Gasteiger partial charge in [-0.05, 0) is 45.7 Å². The van der Waals surface area contributed by atoms with Crippen molar-refractivity contribution in [3.05, 3.63) is 0 Å². The van der Waals surface area contributed by atoms with Crippen LogP contribution in [-0.4, -0.2) is 37.0 Å². The zero-order valence-corrected chi connectivity index (χ0v) is 11.0. The van der Waals surface area contributed by atoms with Crippen LogP contribution in [0.3, 0.4) is 0 Å². The third-order valence-corrected chi connectivity index (χ3v) is 3.85. The van der Waals surface area contributed by atoms with Gasteiger partial charge in [0.1, 0.15) is 0 Å². The van der Waals surface area contributed by atoms with Crippen molar-refractivity contribution in [2.75, 3.05) is 26.2 Å². The highest BCUT2D eigenvalue weighted by atomic mass is 16.2. The van der Waals surface area contributed by atoms with Gasteiger partial charge in [-0.1, -0.05) is 13.8 Å². The Kier molecular flexibility index (Phi) is 5.26. The van der Waals surface area contributed by atoms with Crippen LogP contribution in [0.5, 0.6) is 0 Å². The number of piperidine rings is 1. The lowest BCUT2D eigenvalue weighted by Crippen LogP contribution is -2.49. The highest BCUT2D eigenvalue weighted by Crippen LogP contribution is 2.34.